The molecule has 0 aliphatic carbocycles. The molecule has 168 valence electrons. The average Bonchev–Trinajstić information content (AvgIpc) is 2.65. The minimum absolute atomic E-state index is 0.171. The molecule has 1 saturated heterocycles. The van der Waals surface area contributed by atoms with Gasteiger partial charge in [0, 0.05) is 31.4 Å². The van der Waals surface area contributed by atoms with Gasteiger partial charge in [-0.2, -0.15) is 13.2 Å². The molecule has 1 fully saturated rings. The standard InChI is InChI=1S/C21H22F4N2O3S/c1-13-7-15(10-20(28)29)9-17(8-13)31(30)26-5-6-27(14(2)12-26)16-3-4-18(19(22)11-16)21(23,24)25/h3-4,7-9,11,14H,5-6,10,12H2,1-2H3,(H,28,29). The van der Waals surface area contributed by atoms with Gasteiger partial charge in [0.1, 0.15) is 16.8 Å². The van der Waals surface area contributed by atoms with Crippen LogP contribution in [-0.4, -0.2) is 45.3 Å². The third kappa shape index (κ3) is 5.43. The predicted octanol–water partition coefficient (Wildman–Crippen LogP) is 4.01. The number of alkyl halides is 3. The molecule has 1 aliphatic heterocycles. The summed E-state index contributed by atoms with van der Waals surface area (Å²) in [7, 11) is -1.53. The van der Waals surface area contributed by atoms with Crippen LogP contribution in [0.5, 0.6) is 0 Å². The fraction of sp³-hybridized carbons (Fsp3) is 0.381. The van der Waals surface area contributed by atoms with Gasteiger partial charge in [0.15, 0.2) is 0 Å². The van der Waals surface area contributed by atoms with Gasteiger partial charge in [-0.15, -0.1) is 0 Å². The lowest BCUT2D eigenvalue weighted by atomic mass is 10.1. The molecule has 2 aromatic carbocycles. The number of rotatable bonds is 5. The third-order valence-corrected chi connectivity index (χ3v) is 6.52. The number of hydrogen-bond acceptors (Lipinski definition) is 3. The van der Waals surface area contributed by atoms with Gasteiger partial charge >= 0.3 is 12.1 Å². The number of halogens is 4. The van der Waals surface area contributed by atoms with E-state index in [1.165, 1.54) is 6.07 Å². The van der Waals surface area contributed by atoms with E-state index in [0.29, 0.717) is 35.8 Å². The number of carbonyl (C=O) groups is 1. The third-order valence-electron chi connectivity index (χ3n) is 5.08. The average molecular weight is 458 g/mol. The van der Waals surface area contributed by atoms with Crippen LogP contribution in [0.1, 0.15) is 23.6 Å². The van der Waals surface area contributed by atoms with E-state index < -0.39 is 34.5 Å². The van der Waals surface area contributed by atoms with E-state index in [4.69, 9.17) is 5.11 Å². The quantitative estimate of drug-likeness (QED) is 0.688. The van der Waals surface area contributed by atoms with Gasteiger partial charge in [-0.1, -0.05) is 6.07 Å². The highest BCUT2D eigenvalue weighted by Crippen LogP contribution is 2.34. The number of nitrogens with zero attached hydrogens (tertiary/aromatic N) is 2. The zero-order valence-electron chi connectivity index (χ0n) is 16.9. The normalized spacial score (nSPS) is 18.8. The number of hydrogen-bond donors (Lipinski definition) is 1. The summed E-state index contributed by atoms with van der Waals surface area (Å²) in [5.74, 6) is -2.30. The van der Waals surface area contributed by atoms with Crippen molar-refractivity contribution in [2.75, 3.05) is 24.5 Å². The molecule has 1 heterocycles. The maximum Gasteiger partial charge on any atom is 0.419 e. The minimum Gasteiger partial charge on any atom is -0.481 e. The lowest BCUT2D eigenvalue weighted by molar-refractivity contribution is -0.140. The van der Waals surface area contributed by atoms with Crippen molar-refractivity contribution in [1.29, 1.82) is 0 Å². The van der Waals surface area contributed by atoms with Crippen molar-refractivity contribution >= 4 is 22.6 Å². The Bertz CT molecular complexity index is 1010. The first-order valence-corrected chi connectivity index (χ1v) is 10.7. The molecule has 0 saturated carbocycles. The highest BCUT2D eigenvalue weighted by atomic mass is 32.2. The van der Waals surface area contributed by atoms with Crippen LogP contribution in [0.2, 0.25) is 0 Å². The zero-order valence-corrected chi connectivity index (χ0v) is 17.8. The minimum atomic E-state index is -4.75. The number of carboxylic acids is 1. The number of aryl methyl sites for hydroxylation is 1. The molecule has 0 radical (unpaired) electrons. The maximum absolute atomic E-state index is 14.0. The lowest BCUT2D eigenvalue weighted by Crippen LogP contribution is -2.52. The molecule has 3 rings (SSSR count). The summed E-state index contributed by atoms with van der Waals surface area (Å²) in [5.41, 5.74) is 0.389. The van der Waals surface area contributed by atoms with E-state index in [2.05, 4.69) is 0 Å². The van der Waals surface area contributed by atoms with Gasteiger partial charge in [0.25, 0.3) is 0 Å². The van der Waals surface area contributed by atoms with Gasteiger partial charge in [-0.25, -0.2) is 12.9 Å². The van der Waals surface area contributed by atoms with E-state index in [1.807, 2.05) is 6.92 Å². The summed E-state index contributed by atoms with van der Waals surface area (Å²) in [6.07, 6.45) is -4.92. The van der Waals surface area contributed by atoms with Gasteiger partial charge in [0.2, 0.25) is 0 Å². The SMILES string of the molecule is Cc1cc(CC(=O)O)cc(S(=O)N2CCN(c3ccc(C(F)(F)F)c(F)c3)C(C)C2)c1. The largest absolute Gasteiger partial charge is 0.481 e. The number of benzene rings is 2. The fourth-order valence-electron chi connectivity index (χ4n) is 3.72. The highest BCUT2D eigenvalue weighted by molar-refractivity contribution is 7.82. The molecule has 0 bridgehead atoms. The van der Waals surface area contributed by atoms with E-state index in [1.54, 1.807) is 34.3 Å². The molecule has 10 heteroatoms. The monoisotopic (exact) mass is 458 g/mol. The Morgan fingerprint density at radius 3 is 2.48 bits per heavy atom. The smallest absolute Gasteiger partial charge is 0.419 e. The van der Waals surface area contributed by atoms with Crippen molar-refractivity contribution in [2.24, 2.45) is 0 Å². The van der Waals surface area contributed by atoms with Crippen LogP contribution in [-0.2, 0) is 28.4 Å². The van der Waals surface area contributed by atoms with Gasteiger partial charge < -0.3 is 10.0 Å². The Labute approximate surface area is 179 Å². The molecule has 1 aliphatic rings. The van der Waals surface area contributed by atoms with Crippen molar-refractivity contribution in [3.05, 3.63) is 58.9 Å². The molecule has 5 nitrogen and oxygen atoms in total. The van der Waals surface area contributed by atoms with Crippen LogP contribution < -0.4 is 4.90 Å². The van der Waals surface area contributed by atoms with Crippen LogP contribution in [0.15, 0.2) is 41.3 Å². The summed E-state index contributed by atoms with van der Waals surface area (Å²) in [5, 5.41) is 9.01. The second kappa shape index (κ2) is 8.96. The molecule has 31 heavy (non-hydrogen) atoms. The second-order valence-corrected chi connectivity index (χ2v) is 9.05. The number of piperazine rings is 1. The molecule has 2 aromatic rings. The Balaban J connectivity index is 1.74. The molecular weight excluding hydrogens is 436 g/mol. The van der Waals surface area contributed by atoms with Crippen LogP contribution >= 0.6 is 0 Å². The van der Waals surface area contributed by atoms with Crippen molar-refractivity contribution in [2.45, 2.75) is 37.4 Å². The lowest BCUT2D eigenvalue weighted by Gasteiger charge is -2.40. The highest BCUT2D eigenvalue weighted by Gasteiger charge is 2.35. The van der Waals surface area contributed by atoms with Gasteiger partial charge in [-0.05, 0) is 55.3 Å². The number of anilines is 1. The van der Waals surface area contributed by atoms with Crippen LogP contribution in [0, 0.1) is 12.7 Å². The molecule has 2 atom stereocenters. The summed E-state index contributed by atoms with van der Waals surface area (Å²) < 4.78 is 67.2. The van der Waals surface area contributed by atoms with Crippen LogP contribution in [0.3, 0.4) is 0 Å². The van der Waals surface area contributed by atoms with E-state index in [-0.39, 0.29) is 12.5 Å². The van der Waals surface area contributed by atoms with Crippen molar-refractivity contribution in [3.8, 4) is 0 Å². The summed E-state index contributed by atoms with van der Waals surface area (Å²) in [6, 6.07) is 7.71. The first-order valence-electron chi connectivity index (χ1n) is 9.58. The molecule has 0 aromatic heterocycles. The predicted molar refractivity (Wildman–Crippen MR) is 109 cm³/mol. The van der Waals surface area contributed by atoms with Crippen molar-refractivity contribution in [3.63, 3.8) is 0 Å². The summed E-state index contributed by atoms with van der Waals surface area (Å²) >= 11 is 0. The molecule has 1 N–H and O–H groups in total. The Morgan fingerprint density at radius 2 is 1.90 bits per heavy atom. The number of aliphatic carboxylic acids is 1. The maximum atomic E-state index is 14.0. The Kier molecular flexibility index (Phi) is 6.70. The Morgan fingerprint density at radius 1 is 1.19 bits per heavy atom. The van der Waals surface area contributed by atoms with Crippen molar-refractivity contribution in [1.82, 2.24) is 4.31 Å². The molecule has 0 amide bonds. The first-order chi connectivity index (χ1) is 14.5. The van der Waals surface area contributed by atoms with Crippen LogP contribution in [0.25, 0.3) is 0 Å². The molecular formula is C21H22F4N2O3S. The van der Waals surface area contributed by atoms with Crippen molar-refractivity contribution < 1.29 is 31.7 Å². The summed E-state index contributed by atoms with van der Waals surface area (Å²) in [6.45, 7) is 4.67. The second-order valence-electron chi connectivity index (χ2n) is 7.57. The van der Waals surface area contributed by atoms with Gasteiger partial charge in [-0.3, -0.25) is 4.79 Å². The number of carboxylic acid groups (broad SMARTS) is 1. The van der Waals surface area contributed by atoms with Gasteiger partial charge in [0.05, 0.1) is 16.9 Å². The molecule has 0 spiro atoms. The fourth-order valence-corrected chi connectivity index (χ4v) is 5.16. The Hall–Kier alpha value is -2.46. The van der Waals surface area contributed by atoms with E-state index >= 15 is 0 Å². The van der Waals surface area contributed by atoms with E-state index in [9.17, 15) is 26.6 Å². The topological polar surface area (TPSA) is 60.9 Å². The van der Waals surface area contributed by atoms with E-state index in [0.717, 1.165) is 17.7 Å². The first kappa shape index (κ1) is 23.2. The zero-order chi connectivity index (χ0) is 22.9. The molecule has 2 unspecified atom stereocenters. The summed E-state index contributed by atoms with van der Waals surface area (Å²) in [4.78, 5) is 13.3. The van der Waals surface area contributed by atoms with Crippen LogP contribution in [0.4, 0.5) is 23.2 Å².